The highest BCUT2D eigenvalue weighted by Gasteiger charge is 2.37. The maximum absolute atomic E-state index is 14.0. The van der Waals surface area contributed by atoms with Gasteiger partial charge >= 0.3 is 6.11 Å². The van der Waals surface area contributed by atoms with Crippen LogP contribution in [-0.2, 0) is 12.2 Å². The van der Waals surface area contributed by atoms with Gasteiger partial charge in [-0.3, -0.25) is 0 Å². The zero-order valence-corrected chi connectivity index (χ0v) is 12.1. The van der Waals surface area contributed by atoms with Gasteiger partial charge in [0.05, 0.1) is 5.56 Å². The van der Waals surface area contributed by atoms with Gasteiger partial charge in [-0.2, -0.15) is 8.78 Å². The van der Waals surface area contributed by atoms with Crippen LogP contribution in [0.3, 0.4) is 0 Å². The second-order valence-electron chi connectivity index (χ2n) is 4.52. The third kappa shape index (κ3) is 3.44. The summed E-state index contributed by atoms with van der Waals surface area (Å²) >= 11 is 0. The van der Waals surface area contributed by atoms with Crippen molar-refractivity contribution in [2.24, 2.45) is 0 Å². The Morgan fingerprint density at radius 3 is 2.33 bits per heavy atom. The fraction of sp³-hybridized carbons (Fsp3) is 0.200. The van der Waals surface area contributed by atoms with E-state index >= 15 is 0 Å². The predicted octanol–water partition coefficient (Wildman–Crippen LogP) is 4.07. The fourth-order valence-electron chi connectivity index (χ4n) is 1.74. The van der Waals surface area contributed by atoms with E-state index in [4.69, 9.17) is 0 Å². The SMILES string of the molecule is Cc1ccc(OC(F)(F)c2ccc(C[Si])cc2F)cc1F. The molecule has 3 radical (unpaired) electrons. The minimum absolute atomic E-state index is 0.304. The summed E-state index contributed by atoms with van der Waals surface area (Å²) in [5.41, 5.74) is -0.0734. The molecule has 0 spiro atoms. The van der Waals surface area contributed by atoms with Gasteiger partial charge < -0.3 is 4.74 Å². The molecule has 2 aromatic carbocycles. The van der Waals surface area contributed by atoms with Gasteiger partial charge in [-0.1, -0.05) is 12.1 Å². The highest BCUT2D eigenvalue weighted by Crippen LogP contribution is 2.34. The van der Waals surface area contributed by atoms with E-state index in [-0.39, 0.29) is 5.75 Å². The molecule has 0 aromatic heterocycles. The van der Waals surface area contributed by atoms with E-state index in [1.165, 1.54) is 25.1 Å². The Balaban J connectivity index is 2.30. The molecule has 0 aliphatic rings. The van der Waals surface area contributed by atoms with E-state index in [0.717, 1.165) is 18.2 Å². The normalized spacial score (nSPS) is 11.5. The van der Waals surface area contributed by atoms with Crippen LogP contribution in [0.5, 0.6) is 5.75 Å². The Morgan fingerprint density at radius 1 is 1.05 bits per heavy atom. The van der Waals surface area contributed by atoms with Gasteiger partial charge in [0.1, 0.15) is 17.4 Å². The van der Waals surface area contributed by atoms with E-state index in [9.17, 15) is 17.6 Å². The first-order chi connectivity index (χ1) is 9.83. The van der Waals surface area contributed by atoms with Crippen molar-refractivity contribution < 1.29 is 22.3 Å². The molecule has 21 heavy (non-hydrogen) atoms. The number of aryl methyl sites for hydroxylation is 1. The Morgan fingerprint density at radius 2 is 1.76 bits per heavy atom. The molecule has 0 aliphatic carbocycles. The van der Waals surface area contributed by atoms with Crippen LogP contribution in [0.15, 0.2) is 36.4 Å². The summed E-state index contributed by atoms with van der Waals surface area (Å²) in [6, 6.07) is 7.01. The molecule has 6 heteroatoms. The minimum Gasteiger partial charge on any atom is -0.429 e. The predicted molar refractivity (Wildman–Crippen MR) is 71.5 cm³/mol. The van der Waals surface area contributed by atoms with Crippen LogP contribution in [0, 0.1) is 18.6 Å². The summed E-state index contributed by atoms with van der Waals surface area (Å²) in [4.78, 5) is 0. The molecule has 0 saturated heterocycles. The summed E-state index contributed by atoms with van der Waals surface area (Å²) in [6.45, 7) is 1.50. The number of ether oxygens (including phenoxy) is 1. The van der Waals surface area contributed by atoms with Crippen LogP contribution in [-0.4, -0.2) is 10.2 Å². The molecule has 0 unspecified atom stereocenters. The van der Waals surface area contributed by atoms with Gasteiger partial charge in [-0.15, -0.1) is 0 Å². The fourth-order valence-corrected chi connectivity index (χ4v) is 1.96. The molecule has 109 valence electrons. The molecule has 0 atom stereocenters. The quantitative estimate of drug-likeness (QED) is 0.611. The van der Waals surface area contributed by atoms with Crippen LogP contribution in [0.2, 0.25) is 0 Å². The van der Waals surface area contributed by atoms with E-state index in [0.29, 0.717) is 17.2 Å². The number of benzene rings is 2. The summed E-state index contributed by atoms with van der Waals surface area (Å²) in [5, 5.41) is 0. The van der Waals surface area contributed by atoms with Crippen LogP contribution < -0.4 is 4.74 Å². The minimum atomic E-state index is -3.89. The third-order valence-corrected chi connectivity index (χ3v) is 3.35. The zero-order chi connectivity index (χ0) is 15.6. The molecular formula is C15H11F4OSi. The average Bonchev–Trinajstić information content (AvgIpc) is 2.42. The van der Waals surface area contributed by atoms with Crippen molar-refractivity contribution in [2.45, 2.75) is 19.1 Å². The molecule has 0 aliphatic heterocycles. The number of alkyl halides is 2. The molecule has 2 rings (SSSR count). The van der Waals surface area contributed by atoms with E-state index in [1.807, 2.05) is 0 Å². The maximum Gasteiger partial charge on any atom is 0.429 e. The van der Waals surface area contributed by atoms with Crippen molar-refractivity contribution in [1.82, 2.24) is 0 Å². The van der Waals surface area contributed by atoms with E-state index < -0.39 is 23.3 Å². The van der Waals surface area contributed by atoms with Crippen molar-refractivity contribution in [3.05, 3.63) is 64.7 Å². The van der Waals surface area contributed by atoms with Crippen molar-refractivity contribution >= 4 is 10.2 Å². The maximum atomic E-state index is 14.0. The summed E-state index contributed by atoms with van der Waals surface area (Å²) in [7, 11) is 3.16. The number of hydrogen-bond acceptors (Lipinski definition) is 1. The van der Waals surface area contributed by atoms with Crippen molar-refractivity contribution in [3.8, 4) is 5.75 Å². The Labute approximate surface area is 123 Å². The Kier molecular flexibility index (Phi) is 4.36. The van der Waals surface area contributed by atoms with Crippen LogP contribution in [0.25, 0.3) is 0 Å². The standard InChI is InChI=1S/C15H11F4OSi/c1-9-2-4-11(7-13(9)16)20-15(18,19)12-5-3-10(8-21)6-14(12)17/h2-7H,8H2,1H3. The molecule has 2 aromatic rings. The van der Waals surface area contributed by atoms with Gasteiger partial charge in [-0.25, -0.2) is 8.78 Å². The zero-order valence-electron chi connectivity index (χ0n) is 11.1. The van der Waals surface area contributed by atoms with Crippen LogP contribution in [0.4, 0.5) is 17.6 Å². The van der Waals surface area contributed by atoms with Gasteiger partial charge in [0, 0.05) is 16.3 Å². The molecule has 0 amide bonds. The lowest BCUT2D eigenvalue weighted by atomic mass is 10.1. The first-order valence-electron chi connectivity index (χ1n) is 6.10. The van der Waals surface area contributed by atoms with Gasteiger partial charge in [0.25, 0.3) is 0 Å². The lowest BCUT2D eigenvalue weighted by Gasteiger charge is -2.19. The summed E-state index contributed by atoms with van der Waals surface area (Å²) in [6.07, 6.45) is -3.89. The second kappa shape index (κ2) is 5.89. The van der Waals surface area contributed by atoms with E-state index in [2.05, 4.69) is 15.0 Å². The van der Waals surface area contributed by atoms with Gasteiger partial charge in [0.15, 0.2) is 0 Å². The molecule has 0 bridgehead atoms. The Bertz CT molecular complexity index is 658. The Hall–Kier alpha value is -1.82. The van der Waals surface area contributed by atoms with Crippen LogP contribution >= 0.6 is 0 Å². The lowest BCUT2D eigenvalue weighted by molar-refractivity contribution is -0.187. The molecule has 1 nitrogen and oxygen atoms in total. The second-order valence-corrected chi connectivity index (χ2v) is 4.87. The first-order valence-corrected chi connectivity index (χ1v) is 6.80. The smallest absolute Gasteiger partial charge is 0.429 e. The highest BCUT2D eigenvalue weighted by atomic mass is 28.1. The molecule has 0 N–H and O–H groups in total. The van der Waals surface area contributed by atoms with Crippen LogP contribution in [0.1, 0.15) is 16.7 Å². The average molecular weight is 311 g/mol. The largest absolute Gasteiger partial charge is 0.429 e. The van der Waals surface area contributed by atoms with Crippen molar-refractivity contribution in [2.75, 3.05) is 0 Å². The summed E-state index contributed by atoms with van der Waals surface area (Å²) in [5.74, 6) is -2.12. The highest BCUT2D eigenvalue weighted by molar-refractivity contribution is 6.08. The third-order valence-electron chi connectivity index (χ3n) is 2.94. The number of rotatable bonds is 4. The van der Waals surface area contributed by atoms with E-state index in [1.54, 1.807) is 0 Å². The molecular weight excluding hydrogens is 300 g/mol. The number of hydrogen-bond donors (Lipinski definition) is 0. The number of halogens is 4. The lowest BCUT2D eigenvalue weighted by Crippen LogP contribution is -2.23. The van der Waals surface area contributed by atoms with Crippen molar-refractivity contribution in [1.29, 1.82) is 0 Å². The van der Waals surface area contributed by atoms with Crippen molar-refractivity contribution in [3.63, 3.8) is 0 Å². The van der Waals surface area contributed by atoms with Gasteiger partial charge in [-0.05, 0) is 42.3 Å². The molecule has 0 heterocycles. The molecule has 0 fully saturated rings. The topological polar surface area (TPSA) is 9.23 Å². The first kappa shape index (κ1) is 15.6. The monoisotopic (exact) mass is 311 g/mol. The van der Waals surface area contributed by atoms with Gasteiger partial charge in [0.2, 0.25) is 0 Å². The summed E-state index contributed by atoms with van der Waals surface area (Å²) < 4.78 is 59.5. The molecule has 0 saturated carbocycles.